The Bertz CT molecular complexity index is 674. The van der Waals surface area contributed by atoms with Crippen LogP contribution in [0.4, 0.5) is 0 Å². The summed E-state index contributed by atoms with van der Waals surface area (Å²) in [5.41, 5.74) is 5.44. The summed E-state index contributed by atoms with van der Waals surface area (Å²) in [4.78, 5) is 12.8. The van der Waals surface area contributed by atoms with E-state index in [-0.39, 0.29) is 19.4 Å². The molecule has 0 aliphatic carbocycles. The van der Waals surface area contributed by atoms with Crippen LogP contribution in [0, 0.1) is 0 Å². The Hall–Kier alpha value is -2.17. The number of ether oxygens (including phenoxy) is 1. The molecule has 0 saturated carbocycles. The maximum atomic E-state index is 12.8. The Morgan fingerprint density at radius 1 is 0.960 bits per heavy atom. The molecule has 0 aliphatic heterocycles. The van der Waals surface area contributed by atoms with Crippen molar-refractivity contribution in [3.8, 4) is 0 Å². The summed E-state index contributed by atoms with van der Waals surface area (Å²) < 4.78 is 5.24. The number of aliphatic hydroxyl groups is 1. The lowest BCUT2D eigenvalue weighted by Crippen LogP contribution is -2.68. The van der Waals surface area contributed by atoms with Crippen LogP contribution in [0.3, 0.4) is 0 Å². The molecule has 0 spiro atoms. The highest BCUT2D eigenvalue weighted by Crippen LogP contribution is 2.32. The highest BCUT2D eigenvalue weighted by molar-refractivity contribution is 5.83. The van der Waals surface area contributed by atoms with E-state index in [1.54, 1.807) is 6.92 Å². The molecule has 2 atom stereocenters. The summed E-state index contributed by atoms with van der Waals surface area (Å²) >= 11 is 0. The number of hydrogen-bond acceptors (Lipinski definition) is 4. The van der Waals surface area contributed by atoms with Gasteiger partial charge in [0.25, 0.3) is 0 Å². The van der Waals surface area contributed by atoms with Crippen LogP contribution in [0.25, 0.3) is 0 Å². The minimum absolute atomic E-state index is 0.212. The number of benzene rings is 2. The van der Waals surface area contributed by atoms with Gasteiger partial charge in [0, 0.05) is 12.8 Å². The fourth-order valence-corrected chi connectivity index (χ4v) is 3.14. The third-order valence-corrected chi connectivity index (χ3v) is 4.72. The van der Waals surface area contributed by atoms with E-state index in [1.807, 2.05) is 67.6 Å². The van der Waals surface area contributed by atoms with Crippen molar-refractivity contribution in [3.63, 3.8) is 0 Å². The molecule has 4 heteroatoms. The van der Waals surface area contributed by atoms with Crippen LogP contribution in [0.15, 0.2) is 60.7 Å². The normalized spacial score (nSPS) is 15.8. The molecule has 2 rings (SSSR count). The average molecular weight is 341 g/mol. The molecule has 0 radical (unpaired) electrons. The standard InChI is InChI=1S/C21H27NO3/c1-3-20(24,15-17-11-7-5-8-12-17)21(22,19(23)25-4-2)16-18-13-9-6-10-14-18/h5-14,24H,3-4,15-16,22H2,1-2H3. The van der Waals surface area contributed by atoms with E-state index in [0.29, 0.717) is 6.42 Å². The minimum Gasteiger partial charge on any atom is -0.465 e. The van der Waals surface area contributed by atoms with Crippen molar-refractivity contribution in [1.82, 2.24) is 0 Å². The van der Waals surface area contributed by atoms with Crippen molar-refractivity contribution in [2.24, 2.45) is 5.73 Å². The number of rotatable bonds is 8. The zero-order valence-corrected chi connectivity index (χ0v) is 14.9. The Balaban J connectivity index is 2.41. The zero-order valence-electron chi connectivity index (χ0n) is 14.9. The van der Waals surface area contributed by atoms with Gasteiger partial charge in [-0.1, -0.05) is 67.6 Å². The first-order valence-electron chi connectivity index (χ1n) is 8.71. The van der Waals surface area contributed by atoms with E-state index in [2.05, 4.69) is 0 Å². The third kappa shape index (κ3) is 4.27. The van der Waals surface area contributed by atoms with Gasteiger partial charge in [0.05, 0.1) is 12.2 Å². The lowest BCUT2D eigenvalue weighted by atomic mass is 9.71. The van der Waals surface area contributed by atoms with Crippen molar-refractivity contribution in [2.45, 2.75) is 44.2 Å². The van der Waals surface area contributed by atoms with E-state index >= 15 is 0 Å². The SMILES string of the molecule is CCOC(=O)C(N)(Cc1ccccc1)C(O)(CC)Cc1ccccc1. The smallest absolute Gasteiger partial charge is 0.329 e. The van der Waals surface area contributed by atoms with Gasteiger partial charge in [0.2, 0.25) is 0 Å². The van der Waals surface area contributed by atoms with Gasteiger partial charge in [-0.05, 0) is 24.5 Å². The van der Waals surface area contributed by atoms with Crippen LogP contribution in [0.2, 0.25) is 0 Å². The molecule has 0 saturated heterocycles. The second-order valence-corrected chi connectivity index (χ2v) is 6.40. The predicted octanol–water partition coefficient (Wildman–Crippen LogP) is 2.87. The molecule has 2 unspecified atom stereocenters. The highest BCUT2D eigenvalue weighted by atomic mass is 16.5. The van der Waals surface area contributed by atoms with Crippen molar-refractivity contribution in [1.29, 1.82) is 0 Å². The van der Waals surface area contributed by atoms with Gasteiger partial charge in [0.1, 0.15) is 5.54 Å². The second-order valence-electron chi connectivity index (χ2n) is 6.40. The summed E-state index contributed by atoms with van der Waals surface area (Å²) in [6, 6.07) is 19.1. The van der Waals surface area contributed by atoms with Gasteiger partial charge in [-0.3, -0.25) is 0 Å². The van der Waals surface area contributed by atoms with Crippen LogP contribution < -0.4 is 5.73 Å². The fourth-order valence-electron chi connectivity index (χ4n) is 3.14. The predicted molar refractivity (Wildman–Crippen MR) is 99.1 cm³/mol. The number of carbonyl (C=O) groups is 1. The summed E-state index contributed by atoms with van der Waals surface area (Å²) in [5, 5.41) is 11.4. The number of hydrogen-bond donors (Lipinski definition) is 2. The minimum atomic E-state index is -1.53. The van der Waals surface area contributed by atoms with Gasteiger partial charge in [-0.2, -0.15) is 0 Å². The van der Waals surface area contributed by atoms with Crippen LogP contribution in [-0.4, -0.2) is 28.8 Å². The van der Waals surface area contributed by atoms with Gasteiger partial charge >= 0.3 is 5.97 Å². The molecule has 0 amide bonds. The van der Waals surface area contributed by atoms with Gasteiger partial charge in [-0.25, -0.2) is 4.79 Å². The first kappa shape index (κ1) is 19.2. The molecular weight excluding hydrogens is 314 g/mol. The number of carbonyl (C=O) groups excluding carboxylic acids is 1. The molecule has 3 N–H and O–H groups in total. The van der Waals surface area contributed by atoms with Crippen molar-refractivity contribution < 1.29 is 14.6 Å². The zero-order chi connectivity index (χ0) is 18.3. The summed E-state index contributed by atoms with van der Waals surface area (Å²) in [6.45, 7) is 3.80. The molecule has 25 heavy (non-hydrogen) atoms. The molecule has 0 aromatic heterocycles. The Labute approximate surface area is 149 Å². The highest BCUT2D eigenvalue weighted by Gasteiger charge is 2.53. The molecule has 0 bridgehead atoms. The van der Waals surface area contributed by atoms with Crippen molar-refractivity contribution in [3.05, 3.63) is 71.8 Å². The lowest BCUT2D eigenvalue weighted by molar-refractivity contribution is -0.162. The van der Waals surface area contributed by atoms with E-state index in [1.165, 1.54) is 0 Å². The van der Waals surface area contributed by atoms with E-state index in [4.69, 9.17) is 10.5 Å². The van der Waals surface area contributed by atoms with Gasteiger partial charge < -0.3 is 15.6 Å². The Kier molecular flexibility index (Phi) is 6.34. The molecule has 2 aromatic carbocycles. The number of esters is 1. The monoisotopic (exact) mass is 341 g/mol. The summed E-state index contributed by atoms with van der Waals surface area (Å²) in [5.74, 6) is -0.570. The number of nitrogens with two attached hydrogens (primary N) is 1. The first-order valence-corrected chi connectivity index (χ1v) is 8.71. The lowest BCUT2D eigenvalue weighted by Gasteiger charge is -2.42. The molecule has 134 valence electrons. The Morgan fingerprint density at radius 2 is 1.44 bits per heavy atom. The van der Waals surface area contributed by atoms with Gasteiger partial charge in [-0.15, -0.1) is 0 Å². The van der Waals surface area contributed by atoms with E-state index in [9.17, 15) is 9.90 Å². The molecule has 0 heterocycles. The van der Waals surface area contributed by atoms with Crippen LogP contribution in [0.1, 0.15) is 31.4 Å². The van der Waals surface area contributed by atoms with E-state index in [0.717, 1.165) is 11.1 Å². The van der Waals surface area contributed by atoms with Crippen LogP contribution >= 0.6 is 0 Å². The average Bonchev–Trinajstić information content (AvgIpc) is 2.63. The first-order chi connectivity index (χ1) is 11.9. The van der Waals surface area contributed by atoms with Crippen molar-refractivity contribution in [2.75, 3.05) is 6.61 Å². The summed E-state index contributed by atoms with van der Waals surface area (Å²) in [6.07, 6.45) is 0.834. The molecular formula is C21H27NO3. The largest absolute Gasteiger partial charge is 0.465 e. The summed E-state index contributed by atoms with van der Waals surface area (Å²) in [7, 11) is 0. The molecule has 2 aromatic rings. The second kappa shape index (κ2) is 8.28. The van der Waals surface area contributed by atoms with E-state index < -0.39 is 17.1 Å². The third-order valence-electron chi connectivity index (χ3n) is 4.72. The molecule has 0 fully saturated rings. The molecule has 4 nitrogen and oxygen atoms in total. The quantitative estimate of drug-likeness (QED) is 0.724. The van der Waals surface area contributed by atoms with Gasteiger partial charge in [0.15, 0.2) is 0 Å². The molecule has 0 aliphatic rings. The maximum absolute atomic E-state index is 12.8. The Morgan fingerprint density at radius 3 is 1.88 bits per heavy atom. The van der Waals surface area contributed by atoms with Crippen LogP contribution in [-0.2, 0) is 22.4 Å². The maximum Gasteiger partial charge on any atom is 0.329 e. The topological polar surface area (TPSA) is 72.5 Å². The fraction of sp³-hybridized carbons (Fsp3) is 0.381. The van der Waals surface area contributed by atoms with Crippen molar-refractivity contribution >= 4 is 5.97 Å². The van der Waals surface area contributed by atoms with Crippen LogP contribution in [0.5, 0.6) is 0 Å².